The molecule has 1 aromatic carbocycles. The first-order chi connectivity index (χ1) is 14.1. The van der Waals surface area contributed by atoms with Crippen LogP contribution in [0.15, 0.2) is 18.2 Å². The summed E-state index contributed by atoms with van der Waals surface area (Å²) in [5, 5.41) is 2.85. The zero-order valence-electron chi connectivity index (χ0n) is 18.1. The van der Waals surface area contributed by atoms with Crippen molar-refractivity contribution in [3.05, 3.63) is 29.3 Å². The molecule has 1 N–H and O–H groups in total. The van der Waals surface area contributed by atoms with Crippen LogP contribution in [0.5, 0.6) is 0 Å². The lowest BCUT2D eigenvalue weighted by Gasteiger charge is -2.08. The van der Waals surface area contributed by atoms with Gasteiger partial charge in [-0.05, 0) is 31.5 Å². The first-order valence-corrected chi connectivity index (χ1v) is 11.4. The van der Waals surface area contributed by atoms with E-state index >= 15 is 0 Å². The number of anilines is 1. The van der Waals surface area contributed by atoms with Crippen LogP contribution in [0.25, 0.3) is 0 Å². The number of carbonyl (C=O) groups excluding carboxylic acids is 3. The molecular formula is C24H36N2O3. The van der Waals surface area contributed by atoms with E-state index in [0.29, 0.717) is 29.8 Å². The highest BCUT2D eigenvalue weighted by Crippen LogP contribution is 2.25. The van der Waals surface area contributed by atoms with Crippen molar-refractivity contribution in [2.75, 3.05) is 11.9 Å². The van der Waals surface area contributed by atoms with Gasteiger partial charge < -0.3 is 5.32 Å². The Hall–Kier alpha value is -2.17. The second-order valence-electron chi connectivity index (χ2n) is 7.95. The Balaban J connectivity index is 1.60. The monoisotopic (exact) mass is 400 g/mol. The molecule has 1 aliphatic heterocycles. The van der Waals surface area contributed by atoms with E-state index in [1.807, 2.05) is 0 Å². The van der Waals surface area contributed by atoms with E-state index < -0.39 is 0 Å². The van der Waals surface area contributed by atoms with Crippen molar-refractivity contribution in [2.24, 2.45) is 0 Å². The van der Waals surface area contributed by atoms with Crippen molar-refractivity contribution in [1.82, 2.24) is 4.90 Å². The highest BCUT2D eigenvalue weighted by Gasteiger charge is 2.34. The summed E-state index contributed by atoms with van der Waals surface area (Å²) in [4.78, 5) is 37.8. The Morgan fingerprint density at radius 3 is 1.93 bits per heavy atom. The van der Waals surface area contributed by atoms with E-state index in [1.54, 1.807) is 25.1 Å². The summed E-state index contributed by atoms with van der Waals surface area (Å²) in [7, 11) is 0. The largest absolute Gasteiger partial charge is 0.326 e. The third-order valence-electron chi connectivity index (χ3n) is 5.58. The van der Waals surface area contributed by atoms with Gasteiger partial charge in [0.2, 0.25) is 5.91 Å². The lowest BCUT2D eigenvalue weighted by atomic mass is 10.1. The standard InChI is InChI=1S/C24H36N2O3/c1-3-5-6-7-8-9-10-11-12-13-14-15-22(27)25-19-16-17-20-21(18-19)24(29)26(4-2)23(20)28/h16-18H,3-15H2,1-2H3,(H,25,27). The topological polar surface area (TPSA) is 66.5 Å². The molecule has 160 valence electrons. The molecule has 5 heteroatoms. The van der Waals surface area contributed by atoms with Crippen LogP contribution in [-0.2, 0) is 4.79 Å². The summed E-state index contributed by atoms with van der Waals surface area (Å²) in [6.45, 7) is 4.37. The molecule has 3 amide bonds. The summed E-state index contributed by atoms with van der Waals surface area (Å²) in [6, 6.07) is 4.94. The fraction of sp³-hybridized carbons (Fsp3) is 0.625. The molecule has 29 heavy (non-hydrogen) atoms. The van der Waals surface area contributed by atoms with Crippen LogP contribution in [0.1, 0.15) is 112 Å². The molecule has 0 saturated heterocycles. The zero-order valence-corrected chi connectivity index (χ0v) is 18.1. The Morgan fingerprint density at radius 1 is 0.793 bits per heavy atom. The summed E-state index contributed by atoms with van der Waals surface area (Å²) >= 11 is 0. The predicted molar refractivity (Wildman–Crippen MR) is 117 cm³/mol. The summed E-state index contributed by atoms with van der Waals surface area (Å²) in [5.74, 6) is -0.578. The molecule has 0 radical (unpaired) electrons. The van der Waals surface area contributed by atoms with Crippen molar-refractivity contribution in [2.45, 2.75) is 90.9 Å². The van der Waals surface area contributed by atoms with E-state index in [2.05, 4.69) is 12.2 Å². The first kappa shape index (κ1) is 23.1. The van der Waals surface area contributed by atoms with Crippen LogP contribution in [0.4, 0.5) is 5.69 Å². The molecular weight excluding hydrogens is 364 g/mol. The molecule has 2 rings (SSSR count). The molecule has 1 aromatic rings. The van der Waals surface area contributed by atoms with Crippen molar-refractivity contribution in [1.29, 1.82) is 0 Å². The highest BCUT2D eigenvalue weighted by molar-refractivity contribution is 6.21. The van der Waals surface area contributed by atoms with Gasteiger partial charge in [0.25, 0.3) is 11.8 Å². The van der Waals surface area contributed by atoms with Gasteiger partial charge >= 0.3 is 0 Å². The average Bonchev–Trinajstić information content (AvgIpc) is 2.95. The lowest BCUT2D eigenvalue weighted by Crippen LogP contribution is -2.29. The number of unbranched alkanes of at least 4 members (excludes halogenated alkanes) is 10. The minimum atomic E-state index is -0.283. The molecule has 0 aromatic heterocycles. The number of imide groups is 1. The number of benzene rings is 1. The Morgan fingerprint density at radius 2 is 1.34 bits per heavy atom. The van der Waals surface area contributed by atoms with Crippen LogP contribution >= 0.6 is 0 Å². The van der Waals surface area contributed by atoms with Gasteiger partial charge in [-0.15, -0.1) is 0 Å². The molecule has 5 nitrogen and oxygen atoms in total. The second kappa shape index (κ2) is 12.4. The lowest BCUT2D eigenvalue weighted by molar-refractivity contribution is -0.116. The summed E-state index contributed by atoms with van der Waals surface area (Å²) in [6.07, 6.45) is 14.3. The van der Waals surface area contributed by atoms with Crippen LogP contribution in [0.3, 0.4) is 0 Å². The van der Waals surface area contributed by atoms with E-state index in [4.69, 9.17) is 0 Å². The van der Waals surface area contributed by atoms with Crippen molar-refractivity contribution < 1.29 is 14.4 Å². The number of amides is 3. The Kier molecular flexibility index (Phi) is 9.89. The predicted octanol–water partition coefficient (Wildman–Crippen LogP) is 5.94. The average molecular weight is 401 g/mol. The molecule has 1 aliphatic rings. The number of nitrogens with zero attached hydrogens (tertiary/aromatic N) is 1. The number of carbonyl (C=O) groups is 3. The summed E-state index contributed by atoms with van der Waals surface area (Å²) < 4.78 is 0. The SMILES string of the molecule is CCCCCCCCCCCCCC(=O)Nc1ccc2c(c1)C(=O)N(CC)C2=O. The van der Waals surface area contributed by atoms with Crippen LogP contribution < -0.4 is 5.32 Å². The van der Waals surface area contributed by atoms with Gasteiger partial charge in [0.05, 0.1) is 11.1 Å². The van der Waals surface area contributed by atoms with Crippen molar-refractivity contribution in [3.63, 3.8) is 0 Å². The van der Waals surface area contributed by atoms with Crippen molar-refractivity contribution in [3.8, 4) is 0 Å². The van der Waals surface area contributed by atoms with Gasteiger partial charge in [-0.2, -0.15) is 0 Å². The maximum absolute atomic E-state index is 12.3. The van der Waals surface area contributed by atoms with E-state index in [9.17, 15) is 14.4 Å². The van der Waals surface area contributed by atoms with Crippen LogP contribution in [-0.4, -0.2) is 29.2 Å². The Labute approximate surface area is 175 Å². The van der Waals surface area contributed by atoms with Gasteiger partial charge in [-0.1, -0.05) is 71.1 Å². The van der Waals surface area contributed by atoms with E-state index in [-0.39, 0.29) is 17.7 Å². The number of hydrogen-bond donors (Lipinski definition) is 1. The summed E-state index contributed by atoms with van der Waals surface area (Å²) in [5.41, 5.74) is 1.38. The van der Waals surface area contributed by atoms with E-state index in [1.165, 1.54) is 62.7 Å². The Bertz CT molecular complexity index is 699. The van der Waals surface area contributed by atoms with Crippen molar-refractivity contribution >= 4 is 23.4 Å². The zero-order chi connectivity index (χ0) is 21.1. The first-order valence-electron chi connectivity index (χ1n) is 11.4. The van der Waals surface area contributed by atoms with E-state index in [0.717, 1.165) is 12.8 Å². The maximum atomic E-state index is 12.3. The molecule has 0 spiro atoms. The number of hydrogen-bond acceptors (Lipinski definition) is 3. The number of nitrogens with one attached hydrogen (secondary N) is 1. The third kappa shape index (κ3) is 6.98. The molecule has 0 fully saturated rings. The molecule has 0 unspecified atom stereocenters. The van der Waals surface area contributed by atoms with Gasteiger partial charge in [0.1, 0.15) is 0 Å². The van der Waals surface area contributed by atoms with Crippen LogP contribution in [0, 0.1) is 0 Å². The normalized spacial score (nSPS) is 13.1. The third-order valence-corrected chi connectivity index (χ3v) is 5.58. The van der Waals surface area contributed by atoms with Gasteiger partial charge in [-0.25, -0.2) is 0 Å². The molecule has 1 heterocycles. The van der Waals surface area contributed by atoms with Gasteiger partial charge in [-0.3, -0.25) is 19.3 Å². The second-order valence-corrected chi connectivity index (χ2v) is 7.95. The number of fused-ring (bicyclic) bond motifs is 1. The minimum absolute atomic E-state index is 0.0370. The quantitative estimate of drug-likeness (QED) is 0.310. The molecule has 0 aliphatic carbocycles. The highest BCUT2D eigenvalue weighted by atomic mass is 16.2. The smallest absolute Gasteiger partial charge is 0.261 e. The van der Waals surface area contributed by atoms with Gasteiger partial charge in [0, 0.05) is 18.7 Å². The molecule has 0 atom stereocenters. The fourth-order valence-corrected chi connectivity index (χ4v) is 3.83. The molecule has 0 saturated carbocycles. The van der Waals surface area contributed by atoms with Crippen LogP contribution in [0.2, 0.25) is 0 Å². The number of rotatable bonds is 14. The molecule has 0 bridgehead atoms. The van der Waals surface area contributed by atoms with Gasteiger partial charge in [0.15, 0.2) is 0 Å². The fourth-order valence-electron chi connectivity index (χ4n) is 3.83. The minimum Gasteiger partial charge on any atom is -0.326 e. The maximum Gasteiger partial charge on any atom is 0.261 e.